The van der Waals surface area contributed by atoms with Crippen molar-refractivity contribution in [2.24, 2.45) is 0 Å². The van der Waals surface area contributed by atoms with Crippen molar-refractivity contribution < 1.29 is 29.1 Å². The molecule has 1 heterocycles. The van der Waals surface area contributed by atoms with Gasteiger partial charge in [-0.25, -0.2) is 4.79 Å². The molecule has 10 nitrogen and oxygen atoms in total. The highest BCUT2D eigenvalue weighted by Crippen LogP contribution is 2.22. The van der Waals surface area contributed by atoms with Gasteiger partial charge in [0.25, 0.3) is 5.91 Å². The second-order valence-electron chi connectivity index (χ2n) is 11.9. The summed E-state index contributed by atoms with van der Waals surface area (Å²) < 4.78 is 0.747. The van der Waals surface area contributed by atoms with E-state index in [1.807, 2.05) is 26.0 Å². The monoisotopic (exact) mass is 588 g/mol. The van der Waals surface area contributed by atoms with Gasteiger partial charge in [-0.3, -0.25) is 9.59 Å². The number of hydrogen-bond acceptors (Lipinski definition) is 5. The number of amides is 4. The molecule has 4 amide bonds. The largest absolute Gasteiger partial charge is 0.508 e. The third-order valence-electron chi connectivity index (χ3n) is 7.58. The van der Waals surface area contributed by atoms with Crippen molar-refractivity contribution in [2.75, 3.05) is 25.5 Å². The van der Waals surface area contributed by atoms with E-state index in [1.54, 1.807) is 60.7 Å². The zero-order valence-corrected chi connectivity index (χ0v) is 25.0. The second kappa shape index (κ2) is 14.1. The van der Waals surface area contributed by atoms with Crippen molar-refractivity contribution in [1.82, 2.24) is 16.0 Å². The molecule has 3 aromatic carbocycles. The quantitative estimate of drug-likeness (QED) is 0.200. The van der Waals surface area contributed by atoms with Gasteiger partial charge in [0.1, 0.15) is 24.1 Å². The van der Waals surface area contributed by atoms with Crippen molar-refractivity contribution >= 4 is 23.5 Å². The molecule has 0 bridgehead atoms. The number of phenolic OH excluding ortho intramolecular Hbond substituents is 2. The Balaban J connectivity index is 1.41. The fourth-order valence-electron chi connectivity index (χ4n) is 5.49. The molecule has 228 valence electrons. The number of likely N-dealkylation sites (tertiary alicyclic amines) is 1. The van der Waals surface area contributed by atoms with Gasteiger partial charge in [0.05, 0.1) is 26.2 Å². The van der Waals surface area contributed by atoms with Crippen molar-refractivity contribution in [3.05, 3.63) is 89.5 Å². The van der Waals surface area contributed by atoms with Crippen molar-refractivity contribution in [3.8, 4) is 11.5 Å². The molecule has 0 aromatic heterocycles. The summed E-state index contributed by atoms with van der Waals surface area (Å²) in [5.41, 5.74) is 2.87. The number of urea groups is 1. The average molecular weight is 589 g/mol. The van der Waals surface area contributed by atoms with E-state index in [0.717, 1.165) is 48.1 Å². The normalized spacial score (nSPS) is 18.8. The number of piperidine rings is 1. The molecule has 1 aliphatic rings. The van der Waals surface area contributed by atoms with Gasteiger partial charge in [-0.2, -0.15) is 0 Å². The topological polar surface area (TPSA) is 140 Å². The Hall–Kier alpha value is -4.57. The van der Waals surface area contributed by atoms with Gasteiger partial charge in [-0.1, -0.05) is 12.1 Å². The highest BCUT2D eigenvalue weighted by Gasteiger charge is 2.34. The zero-order valence-electron chi connectivity index (χ0n) is 25.0. The Morgan fingerprint density at radius 3 is 2.07 bits per heavy atom. The Kier molecular flexibility index (Phi) is 10.3. The summed E-state index contributed by atoms with van der Waals surface area (Å²) in [7, 11) is 2.17. The molecule has 1 fully saturated rings. The fraction of sp³-hybridized carbons (Fsp3) is 0.364. The van der Waals surface area contributed by atoms with Gasteiger partial charge < -0.3 is 36.0 Å². The van der Waals surface area contributed by atoms with Crippen molar-refractivity contribution in [2.45, 2.75) is 57.8 Å². The number of phenols is 2. The molecule has 10 heteroatoms. The maximum Gasteiger partial charge on any atom is 0.319 e. The molecule has 0 radical (unpaired) electrons. The maximum atomic E-state index is 13.6. The number of quaternary nitrogens is 1. The minimum atomic E-state index is -0.863. The summed E-state index contributed by atoms with van der Waals surface area (Å²) in [6.45, 7) is 6.26. The van der Waals surface area contributed by atoms with Gasteiger partial charge in [0.15, 0.2) is 0 Å². The van der Waals surface area contributed by atoms with Crippen LogP contribution in [-0.4, -0.2) is 70.8 Å². The number of rotatable bonds is 10. The Bertz CT molecular complexity index is 1390. The maximum absolute atomic E-state index is 13.6. The lowest BCUT2D eigenvalue weighted by atomic mass is 10.00. The molecule has 4 rings (SSSR count). The van der Waals surface area contributed by atoms with E-state index in [0.29, 0.717) is 11.3 Å². The molecule has 1 saturated heterocycles. The van der Waals surface area contributed by atoms with Crippen LogP contribution in [-0.2, 0) is 17.8 Å². The Labute approximate surface area is 252 Å². The summed E-state index contributed by atoms with van der Waals surface area (Å²) >= 11 is 0. The summed E-state index contributed by atoms with van der Waals surface area (Å²) in [5.74, 6) is -0.129. The van der Waals surface area contributed by atoms with E-state index in [4.69, 9.17) is 0 Å². The molecular weight excluding hydrogens is 546 g/mol. The first-order valence-electron chi connectivity index (χ1n) is 14.7. The SMILES string of the molecule is CC(C)NC(=O)c1ccc(NC(=O)N[C@@H](Cc2ccc(O)cc2)C(=O)N[C@H]2CCC[N+](C)(Cc3ccc(O)cc3)C2)cc1. The number of hydrogen-bond donors (Lipinski definition) is 6. The van der Waals surface area contributed by atoms with Gasteiger partial charge in [0.2, 0.25) is 5.91 Å². The first-order chi connectivity index (χ1) is 20.5. The lowest BCUT2D eigenvalue weighted by Gasteiger charge is -2.42. The third kappa shape index (κ3) is 9.47. The summed E-state index contributed by atoms with van der Waals surface area (Å²) in [6.07, 6.45) is 2.02. The highest BCUT2D eigenvalue weighted by molar-refractivity contribution is 5.96. The fourth-order valence-corrected chi connectivity index (χ4v) is 5.49. The van der Waals surface area contributed by atoms with E-state index in [2.05, 4.69) is 28.3 Å². The molecular formula is C33H42N5O5+. The number of carbonyl (C=O) groups is 3. The predicted molar refractivity (Wildman–Crippen MR) is 166 cm³/mol. The molecule has 0 saturated carbocycles. The van der Waals surface area contributed by atoms with Crippen LogP contribution in [0.3, 0.4) is 0 Å². The average Bonchev–Trinajstić information content (AvgIpc) is 2.95. The van der Waals surface area contributed by atoms with Crippen LogP contribution in [0.4, 0.5) is 10.5 Å². The van der Waals surface area contributed by atoms with Crippen LogP contribution in [0.15, 0.2) is 72.8 Å². The van der Waals surface area contributed by atoms with Crippen LogP contribution in [0.25, 0.3) is 0 Å². The number of nitrogens with one attached hydrogen (secondary N) is 4. The first-order valence-corrected chi connectivity index (χ1v) is 14.7. The lowest BCUT2D eigenvalue weighted by Crippen LogP contribution is -2.59. The van der Waals surface area contributed by atoms with E-state index >= 15 is 0 Å². The van der Waals surface area contributed by atoms with E-state index in [9.17, 15) is 24.6 Å². The van der Waals surface area contributed by atoms with E-state index in [1.165, 1.54) is 0 Å². The Morgan fingerprint density at radius 1 is 0.860 bits per heavy atom. The van der Waals surface area contributed by atoms with Crippen LogP contribution >= 0.6 is 0 Å². The molecule has 6 N–H and O–H groups in total. The molecule has 1 aliphatic heterocycles. The first kappa shape index (κ1) is 31.4. The van der Waals surface area contributed by atoms with Crippen molar-refractivity contribution in [1.29, 1.82) is 0 Å². The zero-order chi connectivity index (χ0) is 31.0. The minimum Gasteiger partial charge on any atom is -0.508 e. The summed E-state index contributed by atoms with van der Waals surface area (Å²) in [5, 5.41) is 30.9. The van der Waals surface area contributed by atoms with E-state index < -0.39 is 12.1 Å². The standard InChI is InChI=1S/C33H41N5O5/c1-22(2)34-31(41)25-10-12-26(13-11-25)36-33(43)37-30(19-23-6-14-28(39)15-7-23)32(42)35-27-5-4-18-38(3,21-27)20-24-8-16-29(40)17-9-24/h6-17,22,27,30H,4-5,18-21H2,1-3H3,(H5-,34,35,36,37,39,40,41,42,43)/p+1/t27-,30-,38?/m0/s1. The van der Waals surface area contributed by atoms with Gasteiger partial charge in [-0.15, -0.1) is 0 Å². The number of nitrogens with zero attached hydrogens (tertiary/aromatic N) is 1. The van der Waals surface area contributed by atoms with Crippen LogP contribution < -0.4 is 21.3 Å². The number of likely N-dealkylation sites (N-methyl/N-ethyl adjacent to an activating group) is 1. The van der Waals surface area contributed by atoms with Crippen LogP contribution in [0, 0.1) is 0 Å². The van der Waals surface area contributed by atoms with Gasteiger partial charge in [0, 0.05) is 29.3 Å². The molecule has 1 unspecified atom stereocenters. The lowest BCUT2D eigenvalue weighted by molar-refractivity contribution is -0.927. The molecule has 3 aromatic rings. The summed E-state index contributed by atoms with van der Waals surface area (Å²) in [4.78, 5) is 38.8. The number of benzene rings is 3. The van der Waals surface area contributed by atoms with Crippen LogP contribution in [0.1, 0.15) is 48.2 Å². The molecule has 43 heavy (non-hydrogen) atoms. The van der Waals surface area contributed by atoms with Crippen LogP contribution in [0.2, 0.25) is 0 Å². The predicted octanol–water partition coefficient (Wildman–Crippen LogP) is 3.89. The second-order valence-corrected chi connectivity index (χ2v) is 11.9. The minimum absolute atomic E-state index is 0.00769. The highest BCUT2D eigenvalue weighted by atomic mass is 16.3. The number of aromatic hydroxyl groups is 2. The third-order valence-corrected chi connectivity index (χ3v) is 7.58. The smallest absolute Gasteiger partial charge is 0.319 e. The molecule has 3 atom stereocenters. The molecule has 0 aliphatic carbocycles. The summed E-state index contributed by atoms with van der Waals surface area (Å²) in [6, 6.07) is 18.8. The van der Waals surface area contributed by atoms with Crippen molar-refractivity contribution in [3.63, 3.8) is 0 Å². The Morgan fingerprint density at radius 2 is 1.47 bits per heavy atom. The van der Waals surface area contributed by atoms with Gasteiger partial charge in [-0.05, 0) is 92.9 Å². The van der Waals surface area contributed by atoms with Gasteiger partial charge >= 0.3 is 6.03 Å². The number of carbonyl (C=O) groups excluding carboxylic acids is 3. The van der Waals surface area contributed by atoms with E-state index in [-0.39, 0.29) is 41.8 Å². The van der Waals surface area contributed by atoms with Crippen LogP contribution in [0.5, 0.6) is 11.5 Å². The number of anilines is 1. The molecule has 0 spiro atoms.